The topological polar surface area (TPSA) is 59.0 Å². The van der Waals surface area contributed by atoms with Gasteiger partial charge in [-0.25, -0.2) is 0 Å². The van der Waals surface area contributed by atoms with Crippen LogP contribution in [0.4, 0.5) is 0 Å². The number of rotatable bonds is 6. The van der Waals surface area contributed by atoms with Gasteiger partial charge in [0, 0.05) is 13.1 Å². The molecule has 0 bridgehead atoms. The second-order valence-electron chi connectivity index (χ2n) is 5.78. The highest BCUT2D eigenvalue weighted by Crippen LogP contribution is 2.28. The van der Waals surface area contributed by atoms with Crippen molar-refractivity contribution >= 4 is 5.97 Å². The average Bonchev–Trinajstić information content (AvgIpc) is 2.39. The molecule has 5 heteroatoms. The number of hydrogen-bond acceptors (Lipinski definition) is 5. The molecule has 21 heavy (non-hydrogen) atoms. The highest BCUT2D eigenvalue weighted by molar-refractivity contribution is 5.74. The summed E-state index contributed by atoms with van der Waals surface area (Å²) in [5.74, 6) is 1.13. The van der Waals surface area contributed by atoms with E-state index in [1.54, 1.807) is 24.3 Å². The Hall–Kier alpha value is -1.59. The summed E-state index contributed by atoms with van der Waals surface area (Å²) in [5, 5.41) is 10.1. The van der Waals surface area contributed by atoms with E-state index < -0.39 is 5.60 Å². The summed E-state index contributed by atoms with van der Waals surface area (Å²) >= 11 is 0. The van der Waals surface area contributed by atoms with E-state index in [2.05, 4.69) is 0 Å². The molecule has 1 aromatic carbocycles. The van der Waals surface area contributed by atoms with E-state index in [4.69, 9.17) is 9.47 Å². The van der Waals surface area contributed by atoms with E-state index in [9.17, 15) is 9.90 Å². The maximum atomic E-state index is 11.8. The van der Waals surface area contributed by atoms with Gasteiger partial charge < -0.3 is 14.6 Å². The Kier molecular flexibility index (Phi) is 4.85. The first-order chi connectivity index (χ1) is 9.93. The van der Waals surface area contributed by atoms with Crippen molar-refractivity contribution in [1.29, 1.82) is 0 Å². The van der Waals surface area contributed by atoms with Gasteiger partial charge in [-0.2, -0.15) is 0 Å². The lowest BCUT2D eigenvalue weighted by atomic mass is 9.83. The van der Waals surface area contributed by atoms with Crippen molar-refractivity contribution < 1.29 is 19.4 Å². The zero-order valence-corrected chi connectivity index (χ0v) is 12.8. The monoisotopic (exact) mass is 293 g/mol. The van der Waals surface area contributed by atoms with Crippen LogP contribution < -0.4 is 9.47 Å². The quantitative estimate of drug-likeness (QED) is 0.639. The second-order valence-corrected chi connectivity index (χ2v) is 5.78. The van der Waals surface area contributed by atoms with Gasteiger partial charge in [0.15, 0.2) is 0 Å². The Bertz CT molecular complexity index is 478. The molecule has 0 aliphatic carbocycles. The molecule has 0 saturated carbocycles. The van der Waals surface area contributed by atoms with Gasteiger partial charge in [0.1, 0.15) is 11.5 Å². The van der Waals surface area contributed by atoms with E-state index in [1.807, 2.05) is 25.7 Å². The number of ether oxygens (including phenoxy) is 2. The van der Waals surface area contributed by atoms with Crippen LogP contribution in [0.2, 0.25) is 0 Å². The first kappa shape index (κ1) is 15.8. The van der Waals surface area contributed by atoms with Gasteiger partial charge in [0.2, 0.25) is 0 Å². The standard InChI is InChI=1S/C16H23NO4/c1-4-20-13-5-7-14(8-6-13)21-15(18)9-17-10-16(19,11-17)12(2)3/h5-8,12,19H,4,9-11H2,1-3H3. The van der Waals surface area contributed by atoms with Crippen LogP contribution in [0.1, 0.15) is 20.8 Å². The van der Waals surface area contributed by atoms with Crippen molar-refractivity contribution in [2.24, 2.45) is 5.92 Å². The lowest BCUT2D eigenvalue weighted by Crippen LogP contribution is -2.65. The molecule has 5 nitrogen and oxygen atoms in total. The van der Waals surface area contributed by atoms with Crippen LogP contribution in [0, 0.1) is 5.92 Å². The molecular formula is C16H23NO4. The molecule has 2 rings (SSSR count). The smallest absolute Gasteiger partial charge is 0.325 e. The van der Waals surface area contributed by atoms with E-state index >= 15 is 0 Å². The molecule has 1 aromatic rings. The van der Waals surface area contributed by atoms with E-state index in [-0.39, 0.29) is 18.4 Å². The largest absolute Gasteiger partial charge is 0.494 e. The number of hydrogen-bond donors (Lipinski definition) is 1. The molecule has 1 heterocycles. The Morgan fingerprint density at radius 1 is 1.29 bits per heavy atom. The molecule has 0 amide bonds. The molecule has 1 saturated heterocycles. The van der Waals surface area contributed by atoms with Gasteiger partial charge in [-0.05, 0) is 37.1 Å². The zero-order valence-electron chi connectivity index (χ0n) is 12.8. The molecular weight excluding hydrogens is 270 g/mol. The minimum absolute atomic E-state index is 0.191. The van der Waals surface area contributed by atoms with Gasteiger partial charge in [0.05, 0.1) is 18.8 Å². The number of likely N-dealkylation sites (tertiary alicyclic amines) is 1. The van der Waals surface area contributed by atoms with Crippen molar-refractivity contribution in [3.05, 3.63) is 24.3 Å². The molecule has 0 aromatic heterocycles. The molecule has 1 N–H and O–H groups in total. The summed E-state index contributed by atoms with van der Waals surface area (Å²) in [6.45, 7) is 7.71. The van der Waals surface area contributed by atoms with Crippen LogP contribution in [0.3, 0.4) is 0 Å². The third kappa shape index (κ3) is 3.95. The van der Waals surface area contributed by atoms with E-state index in [1.165, 1.54) is 0 Å². The Labute approximate surface area is 125 Å². The van der Waals surface area contributed by atoms with Crippen LogP contribution in [-0.2, 0) is 4.79 Å². The fourth-order valence-electron chi connectivity index (χ4n) is 2.32. The average molecular weight is 293 g/mol. The fourth-order valence-corrected chi connectivity index (χ4v) is 2.32. The van der Waals surface area contributed by atoms with Gasteiger partial charge >= 0.3 is 5.97 Å². The molecule has 0 atom stereocenters. The minimum Gasteiger partial charge on any atom is -0.494 e. The minimum atomic E-state index is -0.667. The molecule has 1 aliphatic rings. The first-order valence-electron chi connectivity index (χ1n) is 7.31. The summed E-state index contributed by atoms with van der Waals surface area (Å²) in [6, 6.07) is 6.97. The summed E-state index contributed by atoms with van der Waals surface area (Å²) in [6.07, 6.45) is 0. The van der Waals surface area contributed by atoms with Crippen LogP contribution in [0.25, 0.3) is 0 Å². The number of carbonyl (C=O) groups excluding carboxylic acids is 1. The third-order valence-corrected chi connectivity index (χ3v) is 3.79. The summed E-state index contributed by atoms with van der Waals surface area (Å²) in [7, 11) is 0. The number of carbonyl (C=O) groups is 1. The highest BCUT2D eigenvalue weighted by Gasteiger charge is 2.44. The predicted octanol–water partition coefficient (Wildman–Crippen LogP) is 1.69. The normalized spacial score (nSPS) is 17.4. The van der Waals surface area contributed by atoms with Crippen molar-refractivity contribution in [2.75, 3.05) is 26.2 Å². The molecule has 1 fully saturated rings. The predicted molar refractivity (Wildman–Crippen MR) is 79.5 cm³/mol. The number of nitrogens with zero attached hydrogens (tertiary/aromatic N) is 1. The lowest BCUT2D eigenvalue weighted by molar-refractivity contribution is -0.151. The lowest BCUT2D eigenvalue weighted by Gasteiger charge is -2.48. The molecule has 0 unspecified atom stereocenters. The Morgan fingerprint density at radius 2 is 1.86 bits per heavy atom. The summed E-state index contributed by atoms with van der Waals surface area (Å²) in [4.78, 5) is 13.7. The van der Waals surface area contributed by atoms with Crippen LogP contribution in [0.15, 0.2) is 24.3 Å². The van der Waals surface area contributed by atoms with Gasteiger partial charge in [-0.15, -0.1) is 0 Å². The maximum absolute atomic E-state index is 11.8. The molecule has 0 spiro atoms. The van der Waals surface area contributed by atoms with Gasteiger partial charge in [0.25, 0.3) is 0 Å². The Morgan fingerprint density at radius 3 is 2.38 bits per heavy atom. The van der Waals surface area contributed by atoms with Crippen molar-refractivity contribution in [3.8, 4) is 11.5 Å². The van der Waals surface area contributed by atoms with Gasteiger partial charge in [-0.3, -0.25) is 9.69 Å². The fraction of sp³-hybridized carbons (Fsp3) is 0.562. The molecule has 1 aliphatic heterocycles. The first-order valence-corrected chi connectivity index (χ1v) is 7.31. The zero-order chi connectivity index (χ0) is 15.5. The third-order valence-electron chi connectivity index (χ3n) is 3.79. The molecule has 116 valence electrons. The van der Waals surface area contributed by atoms with Crippen LogP contribution in [-0.4, -0.2) is 47.8 Å². The maximum Gasteiger partial charge on any atom is 0.325 e. The van der Waals surface area contributed by atoms with Crippen LogP contribution in [0.5, 0.6) is 11.5 Å². The van der Waals surface area contributed by atoms with Gasteiger partial charge in [-0.1, -0.05) is 13.8 Å². The summed E-state index contributed by atoms with van der Waals surface area (Å²) in [5.41, 5.74) is -0.667. The van der Waals surface area contributed by atoms with E-state index in [0.717, 1.165) is 5.75 Å². The summed E-state index contributed by atoms with van der Waals surface area (Å²) < 4.78 is 10.6. The highest BCUT2D eigenvalue weighted by atomic mass is 16.5. The van der Waals surface area contributed by atoms with E-state index in [0.29, 0.717) is 25.4 Å². The number of aliphatic hydroxyl groups is 1. The van der Waals surface area contributed by atoms with Crippen molar-refractivity contribution in [2.45, 2.75) is 26.4 Å². The SMILES string of the molecule is CCOc1ccc(OC(=O)CN2CC(O)(C(C)C)C2)cc1. The number of benzene rings is 1. The number of β-amino-alcohol motifs (C(OH)–C–C–N with tert-alkyl or cyclic N) is 1. The Balaban J connectivity index is 1.78. The second kappa shape index (κ2) is 6.45. The molecule has 0 radical (unpaired) electrons. The van der Waals surface area contributed by atoms with Crippen molar-refractivity contribution in [1.82, 2.24) is 4.90 Å². The van der Waals surface area contributed by atoms with Crippen molar-refractivity contribution in [3.63, 3.8) is 0 Å². The number of esters is 1. The van der Waals surface area contributed by atoms with Crippen LogP contribution >= 0.6 is 0 Å².